The fourth-order valence-electron chi connectivity index (χ4n) is 5.96. The summed E-state index contributed by atoms with van der Waals surface area (Å²) >= 11 is 0. The highest BCUT2D eigenvalue weighted by Crippen LogP contribution is 2.47. The fraction of sp³-hybridized carbons (Fsp3) is 0.464. The molecule has 1 amide bonds. The summed E-state index contributed by atoms with van der Waals surface area (Å²) in [6, 6.07) is 19.3. The lowest BCUT2D eigenvalue weighted by Gasteiger charge is -2.52. The van der Waals surface area contributed by atoms with Gasteiger partial charge in [0.15, 0.2) is 0 Å². The first-order valence-corrected chi connectivity index (χ1v) is 12.2. The van der Waals surface area contributed by atoms with Crippen molar-refractivity contribution in [2.24, 2.45) is 13.0 Å². The number of carbonyl (C=O) groups is 1. The van der Waals surface area contributed by atoms with Gasteiger partial charge in [-0.2, -0.15) is 0 Å². The van der Waals surface area contributed by atoms with Crippen LogP contribution in [0.1, 0.15) is 50.1 Å². The Kier molecular flexibility index (Phi) is 5.90. The Balaban J connectivity index is 1.50. The molecule has 2 N–H and O–H groups in total. The summed E-state index contributed by atoms with van der Waals surface area (Å²) in [5, 5.41) is 15.5. The van der Waals surface area contributed by atoms with E-state index in [0.717, 1.165) is 13.0 Å². The molecule has 0 saturated carbocycles. The van der Waals surface area contributed by atoms with E-state index in [1.54, 1.807) is 0 Å². The molecule has 1 aromatic heterocycles. The highest BCUT2D eigenvalue weighted by molar-refractivity contribution is 5.86. The number of aliphatic hydroxyl groups excluding tert-OH is 1. The van der Waals surface area contributed by atoms with Gasteiger partial charge in [-0.05, 0) is 50.8 Å². The van der Waals surface area contributed by atoms with E-state index in [1.807, 2.05) is 26.8 Å². The van der Waals surface area contributed by atoms with Crippen LogP contribution in [0.5, 0.6) is 0 Å². The van der Waals surface area contributed by atoms with Crippen molar-refractivity contribution in [3.05, 3.63) is 71.4 Å². The van der Waals surface area contributed by atoms with Crippen LogP contribution in [-0.4, -0.2) is 45.0 Å². The van der Waals surface area contributed by atoms with Gasteiger partial charge in [0.1, 0.15) is 5.60 Å². The topological polar surface area (TPSA) is 66.7 Å². The van der Waals surface area contributed by atoms with Crippen LogP contribution in [0.15, 0.2) is 54.6 Å². The van der Waals surface area contributed by atoms with Gasteiger partial charge in [0, 0.05) is 48.7 Å². The number of aliphatic hydroxyl groups is 1. The number of hydrogen-bond acceptors (Lipinski definition) is 4. The van der Waals surface area contributed by atoms with Crippen molar-refractivity contribution in [1.82, 2.24) is 14.8 Å². The second-order valence-electron chi connectivity index (χ2n) is 10.7. The molecule has 2 aliphatic heterocycles. The summed E-state index contributed by atoms with van der Waals surface area (Å²) in [7, 11) is 2.14. The Morgan fingerprint density at radius 3 is 2.56 bits per heavy atom. The average molecular weight is 462 g/mol. The predicted octanol–water partition coefficient (Wildman–Crippen LogP) is 4.55. The number of aryl methyl sites for hydroxylation is 1. The molecule has 180 valence electrons. The molecule has 1 saturated heterocycles. The van der Waals surface area contributed by atoms with Gasteiger partial charge in [-0.3, -0.25) is 4.90 Å². The number of benzene rings is 2. The molecule has 2 aliphatic rings. The zero-order chi connectivity index (χ0) is 24.0. The number of piperidine rings is 1. The Bertz CT molecular complexity index is 1180. The summed E-state index contributed by atoms with van der Waals surface area (Å²) in [5.41, 5.74) is 4.63. The molecule has 3 heterocycles. The van der Waals surface area contributed by atoms with Crippen molar-refractivity contribution in [2.75, 3.05) is 6.54 Å². The minimum atomic E-state index is -0.553. The molecule has 4 atom stereocenters. The van der Waals surface area contributed by atoms with Crippen LogP contribution in [0.4, 0.5) is 4.79 Å². The number of amides is 1. The third kappa shape index (κ3) is 4.21. The van der Waals surface area contributed by atoms with Crippen molar-refractivity contribution in [1.29, 1.82) is 0 Å². The lowest BCUT2D eigenvalue weighted by atomic mass is 9.74. The summed E-state index contributed by atoms with van der Waals surface area (Å²) < 4.78 is 7.77. The molecular formula is C28H35N3O3. The molecule has 0 spiro atoms. The van der Waals surface area contributed by atoms with E-state index >= 15 is 0 Å². The van der Waals surface area contributed by atoms with Gasteiger partial charge in [-0.15, -0.1) is 0 Å². The van der Waals surface area contributed by atoms with E-state index in [2.05, 4.69) is 70.4 Å². The largest absolute Gasteiger partial charge is 0.444 e. The van der Waals surface area contributed by atoms with Crippen molar-refractivity contribution in [3.8, 4) is 0 Å². The minimum Gasteiger partial charge on any atom is -0.444 e. The maximum absolute atomic E-state index is 12.4. The number of nitrogens with one attached hydrogen (secondary N) is 1. The number of nitrogens with zero attached hydrogens (tertiary/aromatic N) is 2. The number of aromatic nitrogens is 1. The van der Waals surface area contributed by atoms with Crippen molar-refractivity contribution >= 4 is 17.0 Å². The first-order valence-electron chi connectivity index (χ1n) is 12.2. The smallest absolute Gasteiger partial charge is 0.407 e. The second kappa shape index (κ2) is 8.75. The van der Waals surface area contributed by atoms with E-state index in [1.165, 1.54) is 27.7 Å². The summed E-state index contributed by atoms with van der Waals surface area (Å²) in [5.74, 6) is -0.0837. The van der Waals surface area contributed by atoms with Crippen LogP contribution >= 0.6 is 0 Å². The second-order valence-corrected chi connectivity index (χ2v) is 10.7. The van der Waals surface area contributed by atoms with E-state index in [0.29, 0.717) is 13.0 Å². The fourth-order valence-corrected chi connectivity index (χ4v) is 5.96. The molecule has 34 heavy (non-hydrogen) atoms. The normalized spacial score (nSPS) is 24.6. The van der Waals surface area contributed by atoms with Crippen LogP contribution in [0.2, 0.25) is 0 Å². The summed E-state index contributed by atoms with van der Waals surface area (Å²) in [4.78, 5) is 14.9. The van der Waals surface area contributed by atoms with Crippen molar-refractivity contribution in [3.63, 3.8) is 0 Å². The Morgan fingerprint density at radius 2 is 1.82 bits per heavy atom. The Labute approximate surface area is 201 Å². The number of para-hydroxylation sites is 1. The van der Waals surface area contributed by atoms with Crippen LogP contribution in [0.3, 0.4) is 0 Å². The third-order valence-electron chi connectivity index (χ3n) is 7.36. The van der Waals surface area contributed by atoms with Crippen molar-refractivity contribution < 1.29 is 14.6 Å². The number of hydrogen-bond donors (Lipinski definition) is 2. The number of ether oxygens (including phenoxy) is 1. The van der Waals surface area contributed by atoms with Gasteiger partial charge in [0.25, 0.3) is 0 Å². The van der Waals surface area contributed by atoms with Crippen molar-refractivity contribution in [2.45, 2.75) is 63.9 Å². The summed E-state index contributed by atoms with van der Waals surface area (Å²) in [6.07, 6.45) is 0.556. The molecule has 2 bridgehead atoms. The molecule has 1 fully saturated rings. The highest BCUT2D eigenvalue weighted by Gasteiger charge is 2.48. The molecular weight excluding hydrogens is 426 g/mol. The third-order valence-corrected chi connectivity index (χ3v) is 7.36. The Morgan fingerprint density at radius 1 is 1.12 bits per heavy atom. The number of carbonyl (C=O) groups excluding carboxylic acids is 1. The van der Waals surface area contributed by atoms with Crippen LogP contribution in [-0.2, 0) is 24.8 Å². The zero-order valence-electron chi connectivity index (χ0n) is 20.5. The van der Waals surface area contributed by atoms with Gasteiger partial charge in [-0.1, -0.05) is 48.5 Å². The quantitative estimate of drug-likeness (QED) is 0.598. The molecule has 6 nitrogen and oxygen atoms in total. The monoisotopic (exact) mass is 461 g/mol. The van der Waals surface area contributed by atoms with Gasteiger partial charge in [-0.25, -0.2) is 4.79 Å². The van der Waals surface area contributed by atoms with Crippen LogP contribution in [0, 0.1) is 5.92 Å². The standard InChI is InChI=1S/C28H35N3O3/c1-28(2,3)34-27(33)29-16-21-23-14-20-19-12-8-9-13-22(19)30(4)26(20)24(15-25(21)32)31(23)17-18-10-6-5-7-11-18/h5-13,21,23-25,32H,14-17H2,1-4H3,(H,29,33)/t21-,23+,24+,25-/m1/s1. The number of alkyl carbamates (subject to hydrolysis) is 1. The lowest BCUT2D eigenvalue weighted by Crippen LogP contribution is -2.58. The van der Waals surface area contributed by atoms with Gasteiger partial charge >= 0.3 is 6.09 Å². The van der Waals surface area contributed by atoms with E-state index in [4.69, 9.17) is 4.74 Å². The predicted molar refractivity (Wildman–Crippen MR) is 133 cm³/mol. The lowest BCUT2D eigenvalue weighted by molar-refractivity contribution is -0.0641. The SMILES string of the molecule is Cn1c2c(c3ccccc31)C[C@H]1[C@@H](CNC(=O)OC(C)(C)C)[C@H](O)C[C@@H]2N1Cc1ccccc1. The summed E-state index contributed by atoms with van der Waals surface area (Å²) in [6.45, 7) is 6.78. The molecule has 6 heteroatoms. The zero-order valence-corrected chi connectivity index (χ0v) is 20.5. The molecule has 0 aliphatic carbocycles. The molecule has 5 rings (SSSR count). The first kappa shape index (κ1) is 22.9. The van der Waals surface area contributed by atoms with Gasteiger partial charge in [0.05, 0.1) is 12.1 Å². The molecule has 2 aromatic carbocycles. The van der Waals surface area contributed by atoms with Gasteiger partial charge in [0.2, 0.25) is 0 Å². The van der Waals surface area contributed by atoms with E-state index < -0.39 is 17.8 Å². The maximum Gasteiger partial charge on any atom is 0.407 e. The number of rotatable bonds is 4. The number of fused-ring (bicyclic) bond motifs is 6. The molecule has 0 unspecified atom stereocenters. The Hall–Kier alpha value is -2.83. The van der Waals surface area contributed by atoms with Gasteiger partial charge < -0.3 is 19.7 Å². The average Bonchev–Trinajstić information content (AvgIpc) is 3.06. The highest BCUT2D eigenvalue weighted by atomic mass is 16.6. The van der Waals surface area contributed by atoms with Crippen LogP contribution in [0.25, 0.3) is 10.9 Å². The maximum atomic E-state index is 12.4. The van der Waals surface area contributed by atoms with Crippen LogP contribution < -0.4 is 5.32 Å². The minimum absolute atomic E-state index is 0.0837. The molecule has 0 radical (unpaired) electrons. The van der Waals surface area contributed by atoms with E-state index in [9.17, 15) is 9.90 Å². The van der Waals surface area contributed by atoms with E-state index in [-0.39, 0.29) is 18.0 Å². The first-order chi connectivity index (χ1) is 16.2. The molecule has 3 aromatic rings.